The van der Waals surface area contributed by atoms with Gasteiger partial charge in [-0.2, -0.15) is 0 Å². The molecule has 0 saturated carbocycles. The van der Waals surface area contributed by atoms with Gasteiger partial charge in [-0.15, -0.1) is 11.3 Å². The highest BCUT2D eigenvalue weighted by molar-refractivity contribution is 7.13. The van der Waals surface area contributed by atoms with Crippen molar-refractivity contribution in [1.82, 2.24) is 4.98 Å². The van der Waals surface area contributed by atoms with Crippen LogP contribution in [0, 0.1) is 0 Å². The Kier molecular flexibility index (Phi) is 3.21. The van der Waals surface area contributed by atoms with Crippen LogP contribution in [-0.4, -0.2) is 11.3 Å². The predicted molar refractivity (Wildman–Crippen MR) is 78.4 cm³/mol. The molecule has 0 aliphatic heterocycles. The summed E-state index contributed by atoms with van der Waals surface area (Å²) in [6.45, 7) is 0. The number of hydrogen-bond acceptors (Lipinski definition) is 3. The summed E-state index contributed by atoms with van der Waals surface area (Å²) < 4.78 is 0. The summed E-state index contributed by atoms with van der Waals surface area (Å²) in [5.41, 5.74) is 3.74. The van der Waals surface area contributed by atoms with Crippen molar-refractivity contribution < 1.29 is 4.79 Å². The summed E-state index contributed by atoms with van der Waals surface area (Å²) in [5, 5.41) is 2.97. The number of benzene rings is 2. The topological polar surface area (TPSA) is 30.0 Å². The first-order valence-corrected chi connectivity index (χ1v) is 6.81. The Balaban J connectivity index is 1.99. The van der Waals surface area contributed by atoms with Crippen LogP contribution >= 0.6 is 11.3 Å². The van der Waals surface area contributed by atoms with E-state index >= 15 is 0 Å². The van der Waals surface area contributed by atoms with Crippen LogP contribution < -0.4 is 0 Å². The van der Waals surface area contributed by atoms with E-state index in [1.165, 1.54) is 0 Å². The quantitative estimate of drug-likeness (QED) is 0.661. The molecule has 19 heavy (non-hydrogen) atoms. The molecular formula is C16H11NOS. The first-order chi connectivity index (χ1) is 9.36. The van der Waals surface area contributed by atoms with Crippen LogP contribution in [0.2, 0.25) is 0 Å². The molecule has 3 heteroatoms. The molecule has 2 nitrogen and oxygen atoms in total. The fourth-order valence-corrected chi connectivity index (χ4v) is 2.72. The molecule has 3 aromatic rings. The minimum atomic E-state index is 0.675. The van der Waals surface area contributed by atoms with Crippen LogP contribution in [-0.2, 0) is 0 Å². The summed E-state index contributed by atoms with van der Waals surface area (Å²) in [6.07, 6.45) is 0.856. The average Bonchev–Trinajstić information content (AvgIpc) is 2.98. The van der Waals surface area contributed by atoms with Gasteiger partial charge in [0, 0.05) is 22.1 Å². The van der Waals surface area contributed by atoms with E-state index in [1.54, 1.807) is 17.4 Å². The van der Waals surface area contributed by atoms with Crippen LogP contribution in [0.15, 0.2) is 60.0 Å². The van der Waals surface area contributed by atoms with E-state index < -0.39 is 0 Å². The van der Waals surface area contributed by atoms with Gasteiger partial charge < -0.3 is 0 Å². The Morgan fingerprint density at radius 3 is 2.53 bits per heavy atom. The molecule has 0 saturated heterocycles. The Hall–Kier alpha value is -2.26. The third kappa shape index (κ3) is 2.46. The van der Waals surface area contributed by atoms with Gasteiger partial charge in [-0.3, -0.25) is 4.79 Å². The number of hydrogen-bond donors (Lipinski definition) is 0. The van der Waals surface area contributed by atoms with Gasteiger partial charge in [-0.05, 0) is 6.07 Å². The fourth-order valence-electron chi connectivity index (χ4n) is 1.89. The maximum atomic E-state index is 10.8. The number of nitrogens with zero attached hydrogens (tertiary/aromatic N) is 1. The van der Waals surface area contributed by atoms with E-state index in [-0.39, 0.29) is 0 Å². The summed E-state index contributed by atoms with van der Waals surface area (Å²) in [4.78, 5) is 15.4. The number of aromatic nitrogens is 1. The molecular weight excluding hydrogens is 254 g/mol. The van der Waals surface area contributed by atoms with Gasteiger partial charge >= 0.3 is 0 Å². The highest BCUT2D eigenvalue weighted by atomic mass is 32.1. The Morgan fingerprint density at radius 1 is 0.947 bits per heavy atom. The van der Waals surface area contributed by atoms with Crippen molar-refractivity contribution in [2.24, 2.45) is 0 Å². The van der Waals surface area contributed by atoms with Crippen molar-refractivity contribution in [3.8, 4) is 21.8 Å². The molecule has 0 spiro atoms. The lowest BCUT2D eigenvalue weighted by atomic mass is 10.1. The SMILES string of the molecule is O=Cc1cccc(-c2nc(-c3ccccc3)cs2)c1. The summed E-state index contributed by atoms with van der Waals surface area (Å²) in [5.74, 6) is 0. The molecule has 0 amide bonds. The van der Waals surface area contributed by atoms with Crippen molar-refractivity contribution in [2.45, 2.75) is 0 Å². The van der Waals surface area contributed by atoms with Crippen LogP contribution in [0.25, 0.3) is 21.8 Å². The van der Waals surface area contributed by atoms with Crippen molar-refractivity contribution in [2.75, 3.05) is 0 Å². The van der Waals surface area contributed by atoms with Gasteiger partial charge in [-0.25, -0.2) is 4.98 Å². The Morgan fingerprint density at radius 2 is 1.74 bits per heavy atom. The third-order valence-electron chi connectivity index (χ3n) is 2.84. The second kappa shape index (κ2) is 5.16. The molecule has 0 aliphatic carbocycles. The molecule has 0 aliphatic rings. The van der Waals surface area contributed by atoms with Gasteiger partial charge in [-0.1, -0.05) is 48.5 Å². The molecule has 0 unspecified atom stereocenters. The van der Waals surface area contributed by atoms with Crippen molar-refractivity contribution in [3.63, 3.8) is 0 Å². The molecule has 92 valence electrons. The molecule has 0 bridgehead atoms. The fraction of sp³-hybridized carbons (Fsp3) is 0. The lowest BCUT2D eigenvalue weighted by Crippen LogP contribution is -1.82. The Bertz CT molecular complexity index is 704. The van der Waals surface area contributed by atoms with E-state index in [9.17, 15) is 4.79 Å². The number of aldehydes is 1. The third-order valence-corrected chi connectivity index (χ3v) is 3.73. The predicted octanol–water partition coefficient (Wildman–Crippen LogP) is 4.29. The largest absolute Gasteiger partial charge is 0.298 e. The standard InChI is InChI=1S/C16H11NOS/c18-10-12-5-4-8-14(9-12)16-17-15(11-19-16)13-6-2-1-3-7-13/h1-11H. The van der Waals surface area contributed by atoms with Gasteiger partial charge in [0.15, 0.2) is 0 Å². The number of rotatable bonds is 3. The van der Waals surface area contributed by atoms with Crippen LogP contribution in [0.3, 0.4) is 0 Å². The highest BCUT2D eigenvalue weighted by Crippen LogP contribution is 2.28. The van der Waals surface area contributed by atoms with Gasteiger partial charge in [0.25, 0.3) is 0 Å². The lowest BCUT2D eigenvalue weighted by molar-refractivity contribution is 0.112. The van der Waals surface area contributed by atoms with Gasteiger partial charge in [0.2, 0.25) is 0 Å². The molecule has 1 heterocycles. The molecule has 2 aromatic carbocycles. The molecule has 0 fully saturated rings. The zero-order valence-corrected chi connectivity index (χ0v) is 10.9. The molecule has 0 radical (unpaired) electrons. The van der Waals surface area contributed by atoms with E-state index in [2.05, 4.69) is 4.98 Å². The monoisotopic (exact) mass is 265 g/mol. The van der Waals surface area contributed by atoms with Crippen molar-refractivity contribution in [1.29, 1.82) is 0 Å². The molecule has 1 aromatic heterocycles. The normalized spacial score (nSPS) is 10.3. The highest BCUT2D eigenvalue weighted by Gasteiger charge is 2.06. The van der Waals surface area contributed by atoms with E-state index in [0.29, 0.717) is 5.56 Å². The Labute approximate surface area is 115 Å². The maximum Gasteiger partial charge on any atom is 0.150 e. The first kappa shape index (κ1) is 11.8. The van der Waals surface area contributed by atoms with Crippen LogP contribution in [0.1, 0.15) is 10.4 Å². The van der Waals surface area contributed by atoms with Gasteiger partial charge in [0.05, 0.1) is 5.69 Å². The average molecular weight is 265 g/mol. The van der Waals surface area contributed by atoms with Crippen LogP contribution in [0.5, 0.6) is 0 Å². The van der Waals surface area contributed by atoms with E-state index in [1.807, 2.05) is 53.9 Å². The smallest absolute Gasteiger partial charge is 0.150 e. The zero-order chi connectivity index (χ0) is 13.1. The van der Waals surface area contributed by atoms with Gasteiger partial charge in [0.1, 0.15) is 11.3 Å². The second-order valence-corrected chi connectivity index (χ2v) is 5.01. The van der Waals surface area contributed by atoms with Crippen LogP contribution in [0.4, 0.5) is 0 Å². The molecule has 3 rings (SSSR count). The minimum Gasteiger partial charge on any atom is -0.298 e. The summed E-state index contributed by atoms with van der Waals surface area (Å²) >= 11 is 1.59. The number of carbonyl (C=O) groups excluding carboxylic acids is 1. The van der Waals surface area contributed by atoms with Crippen molar-refractivity contribution in [3.05, 3.63) is 65.5 Å². The lowest BCUT2D eigenvalue weighted by Gasteiger charge is -1.97. The molecule has 0 atom stereocenters. The summed E-state index contributed by atoms with van der Waals surface area (Å²) in [6, 6.07) is 17.6. The summed E-state index contributed by atoms with van der Waals surface area (Å²) in [7, 11) is 0. The zero-order valence-electron chi connectivity index (χ0n) is 10.1. The maximum absolute atomic E-state index is 10.8. The first-order valence-electron chi connectivity index (χ1n) is 5.93. The van der Waals surface area contributed by atoms with E-state index in [0.717, 1.165) is 28.1 Å². The second-order valence-electron chi connectivity index (χ2n) is 4.15. The minimum absolute atomic E-state index is 0.675. The molecule has 0 N–H and O–H groups in total. The number of carbonyl (C=O) groups is 1. The van der Waals surface area contributed by atoms with E-state index in [4.69, 9.17) is 0 Å². The van der Waals surface area contributed by atoms with Crippen molar-refractivity contribution >= 4 is 17.6 Å². The number of thiazole rings is 1.